The van der Waals surface area contributed by atoms with Crippen LogP contribution in [0.3, 0.4) is 0 Å². The summed E-state index contributed by atoms with van der Waals surface area (Å²) < 4.78 is 8.32. The molecular weight excluding hydrogens is 440 g/mol. The van der Waals surface area contributed by atoms with Gasteiger partial charge in [-0.1, -0.05) is 60.9 Å². The van der Waals surface area contributed by atoms with Gasteiger partial charge in [0.2, 0.25) is 0 Å². The van der Waals surface area contributed by atoms with E-state index in [9.17, 15) is 0 Å². The van der Waals surface area contributed by atoms with Crippen LogP contribution in [0.4, 0.5) is 0 Å². The summed E-state index contributed by atoms with van der Waals surface area (Å²) in [6, 6.07) is 26.7. The van der Waals surface area contributed by atoms with Crippen LogP contribution in [-0.4, -0.2) is 16.3 Å². The van der Waals surface area contributed by atoms with Gasteiger partial charge in [-0.15, -0.1) is 18.2 Å². The number of hydrogen-bond acceptors (Lipinski definition) is 1. The average molecular weight is 469 g/mol. The summed E-state index contributed by atoms with van der Waals surface area (Å²) in [5.41, 5.74) is 12.1. The van der Waals surface area contributed by atoms with E-state index in [0.29, 0.717) is 0 Å². The Morgan fingerprint density at radius 1 is 0.833 bits per heavy atom. The monoisotopic (exact) mass is 468 g/mol. The summed E-state index contributed by atoms with van der Waals surface area (Å²) in [6.07, 6.45) is 4.36. The van der Waals surface area contributed by atoms with E-state index in [0.717, 1.165) is 61.6 Å². The summed E-state index contributed by atoms with van der Waals surface area (Å²) in [6.45, 7) is 12.7. The molecule has 6 rings (SSSR count). The Bertz CT molecular complexity index is 1710. The van der Waals surface area contributed by atoms with Gasteiger partial charge in [0.05, 0.1) is 6.72 Å². The van der Waals surface area contributed by atoms with Crippen LogP contribution in [0.15, 0.2) is 95.1 Å². The number of aromatic nitrogens is 1. The molecule has 2 aromatic heterocycles. The molecule has 3 nitrogen and oxygen atoms in total. The lowest BCUT2D eigenvalue weighted by Crippen LogP contribution is -2.17. The maximum absolute atomic E-state index is 6.34. The molecule has 176 valence electrons. The summed E-state index contributed by atoms with van der Waals surface area (Å²) in [5, 5.41) is 2.23. The van der Waals surface area contributed by atoms with Crippen LogP contribution >= 0.6 is 0 Å². The van der Waals surface area contributed by atoms with Crippen LogP contribution in [0.5, 0.6) is 0 Å². The van der Waals surface area contributed by atoms with Crippen LogP contribution in [-0.2, 0) is 0 Å². The molecule has 5 aromatic rings. The van der Waals surface area contributed by atoms with Gasteiger partial charge in [0.1, 0.15) is 12.2 Å². The first-order valence-electron chi connectivity index (χ1n) is 12.2. The van der Waals surface area contributed by atoms with Gasteiger partial charge >= 0.3 is 0 Å². The van der Waals surface area contributed by atoms with E-state index in [4.69, 9.17) is 4.42 Å². The molecule has 0 saturated heterocycles. The van der Waals surface area contributed by atoms with Crippen LogP contribution in [0, 0.1) is 26.8 Å². The molecule has 0 aliphatic carbocycles. The molecule has 0 bridgehead atoms. The van der Waals surface area contributed by atoms with E-state index in [1.165, 1.54) is 16.7 Å². The highest BCUT2D eigenvalue weighted by molar-refractivity contribution is 6.06. The third-order valence-corrected chi connectivity index (χ3v) is 6.97. The molecule has 0 spiro atoms. The molecule has 0 radical (unpaired) electrons. The highest BCUT2D eigenvalue weighted by atomic mass is 16.3. The van der Waals surface area contributed by atoms with Gasteiger partial charge in [-0.2, -0.15) is 0 Å². The van der Waals surface area contributed by atoms with Crippen molar-refractivity contribution in [3.05, 3.63) is 125 Å². The van der Waals surface area contributed by atoms with Crippen molar-refractivity contribution in [3.8, 4) is 11.1 Å². The van der Waals surface area contributed by atoms with Crippen molar-refractivity contribution in [2.24, 2.45) is 0 Å². The fraction of sp³-hybridized carbons (Fsp3) is 0.121. The summed E-state index contributed by atoms with van der Waals surface area (Å²) in [5.74, 6) is 0. The third-order valence-electron chi connectivity index (χ3n) is 6.97. The number of benzene rings is 3. The average Bonchev–Trinajstić information content (AvgIpc) is 3.21. The van der Waals surface area contributed by atoms with Crippen molar-refractivity contribution in [2.75, 3.05) is 0 Å². The lowest BCUT2D eigenvalue weighted by Gasteiger charge is -2.24. The van der Waals surface area contributed by atoms with Gasteiger partial charge in [-0.3, -0.25) is 14.0 Å². The smallest absolute Gasteiger partial charge is 0.278 e. The van der Waals surface area contributed by atoms with Crippen molar-refractivity contribution in [3.63, 3.8) is 0 Å². The molecule has 3 heterocycles. The maximum Gasteiger partial charge on any atom is 0.278 e. The number of allylic oxidation sites excluding steroid dienone is 2. The van der Waals surface area contributed by atoms with Crippen LogP contribution < -0.4 is 0 Å². The zero-order valence-electron chi connectivity index (χ0n) is 21.1. The summed E-state index contributed by atoms with van der Waals surface area (Å²) in [4.78, 5) is 4.51. The molecule has 1 aliphatic rings. The van der Waals surface area contributed by atoms with Crippen molar-refractivity contribution in [1.29, 1.82) is 0 Å². The Balaban J connectivity index is 1.42. The minimum absolute atomic E-state index is 0.893. The van der Waals surface area contributed by atoms with E-state index < -0.39 is 0 Å². The first kappa shape index (κ1) is 22.1. The molecule has 0 N–H and O–H groups in total. The third kappa shape index (κ3) is 3.74. The van der Waals surface area contributed by atoms with Gasteiger partial charge < -0.3 is 0 Å². The zero-order valence-corrected chi connectivity index (χ0v) is 21.1. The highest BCUT2D eigenvalue weighted by Crippen LogP contribution is 2.38. The normalized spacial score (nSPS) is 13.9. The lowest BCUT2D eigenvalue weighted by molar-refractivity contribution is -0.416. The Labute approximate surface area is 211 Å². The van der Waals surface area contributed by atoms with Crippen molar-refractivity contribution < 1.29 is 8.99 Å². The number of hydrogen-bond donors (Lipinski definition) is 0. The number of fused-ring (bicyclic) bond motifs is 3. The summed E-state index contributed by atoms with van der Waals surface area (Å²) >= 11 is 0. The van der Waals surface area contributed by atoms with E-state index in [-0.39, 0.29) is 0 Å². The first-order valence-corrected chi connectivity index (χ1v) is 12.2. The number of rotatable bonds is 3. The Hall–Kier alpha value is -4.37. The molecule has 36 heavy (non-hydrogen) atoms. The van der Waals surface area contributed by atoms with E-state index in [1.807, 2.05) is 24.5 Å². The molecule has 3 heteroatoms. The minimum atomic E-state index is 0.893. The molecule has 0 saturated carbocycles. The van der Waals surface area contributed by atoms with Gasteiger partial charge in [-0.25, -0.2) is 0 Å². The largest absolute Gasteiger partial charge is 0.287 e. The number of nitrogens with zero attached hydrogens (tertiary/aromatic N) is 2. The van der Waals surface area contributed by atoms with Crippen molar-refractivity contribution in [1.82, 2.24) is 4.98 Å². The molecule has 1 aliphatic heterocycles. The lowest BCUT2D eigenvalue weighted by atomic mass is 9.90. The van der Waals surface area contributed by atoms with E-state index in [2.05, 4.69) is 105 Å². The summed E-state index contributed by atoms with van der Waals surface area (Å²) in [7, 11) is 0. The van der Waals surface area contributed by atoms with E-state index in [1.54, 1.807) is 0 Å². The minimum Gasteiger partial charge on any atom is -0.287 e. The maximum atomic E-state index is 6.34. The van der Waals surface area contributed by atoms with Gasteiger partial charge in [-0.05, 0) is 77.2 Å². The topological polar surface area (TPSA) is 27.2 Å². The van der Waals surface area contributed by atoms with Crippen LogP contribution in [0.25, 0.3) is 38.6 Å². The quantitative estimate of drug-likeness (QED) is 0.152. The predicted octanol–water partition coefficient (Wildman–Crippen LogP) is 8.17. The number of pyridine rings is 1. The molecule has 0 amide bonds. The highest BCUT2D eigenvalue weighted by Gasteiger charge is 2.23. The van der Waals surface area contributed by atoms with Crippen LogP contribution in [0.2, 0.25) is 0 Å². The van der Waals surface area contributed by atoms with Crippen molar-refractivity contribution >= 4 is 34.2 Å². The number of furan rings is 1. The number of aryl methyl sites for hydroxylation is 3. The predicted molar refractivity (Wildman–Crippen MR) is 149 cm³/mol. The molecule has 0 fully saturated rings. The van der Waals surface area contributed by atoms with Crippen molar-refractivity contribution in [2.45, 2.75) is 27.7 Å². The molecule has 0 unspecified atom stereocenters. The Morgan fingerprint density at radius 3 is 2.33 bits per heavy atom. The van der Waals surface area contributed by atoms with Gasteiger partial charge in [0, 0.05) is 11.4 Å². The van der Waals surface area contributed by atoms with E-state index >= 15 is 0 Å². The molecular formula is C33H28N2O. The molecule has 0 atom stereocenters. The Morgan fingerprint density at radius 2 is 1.58 bits per heavy atom. The fourth-order valence-corrected chi connectivity index (χ4v) is 5.23. The van der Waals surface area contributed by atoms with Crippen LogP contribution in [0.1, 0.15) is 35.0 Å². The second kappa shape index (κ2) is 8.39. The Kier molecular flexibility index (Phi) is 5.15. The fourth-order valence-electron chi connectivity index (χ4n) is 5.23. The SMILES string of the molecule is C=[N+]1C=C(c2ccccc2)C(C)=C[C-]1c1cc2c(cc1C)[o+][c-]1cc(-c3cc(C)nc(C)c3)ccc21. The second-order valence-electron chi connectivity index (χ2n) is 9.71. The second-order valence-corrected chi connectivity index (χ2v) is 9.71. The first-order chi connectivity index (χ1) is 17.4. The molecule has 3 aromatic carbocycles. The zero-order chi connectivity index (χ0) is 25.0. The van der Waals surface area contributed by atoms with Gasteiger partial charge in [0.25, 0.3) is 11.2 Å². The van der Waals surface area contributed by atoms with Gasteiger partial charge in [0.15, 0.2) is 0 Å². The standard InChI is InChI=1S/C33H28N2O/c1-20-13-31(35(5)19-30(20)24-9-7-6-8-10-24)28-18-29-27-12-11-25(26-15-22(3)34-23(4)16-26)17-33(27)36-32(29)14-21(28)2/h6-19H,5H2,1-4H3.